The van der Waals surface area contributed by atoms with E-state index < -0.39 is 19.2 Å². The lowest BCUT2D eigenvalue weighted by Crippen LogP contribution is -2.07. The molecule has 0 radical (unpaired) electrons. The van der Waals surface area contributed by atoms with E-state index in [-0.39, 0.29) is 5.56 Å². The third kappa shape index (κ3) is 2.67. The fraction of sp³-hybridized carbons (Fsp3) is 0.0909. The van der Waals surface area contributed by atoms with Crippen molar-refractivity contribution in [2.45, 2.75) is 5.66 Å². The number of fused-ring (bicyclic) bond motifs is 1. The first-order chi connectivity index (χ1) is 8.82. The highest BCUT2D eigenvalue weighted by Gasteiger charge is 2.30. The third-order valence-electron chi connectivity index (χ3n) is 2.56. The molecule has 0 spiro atoms. The Balaban J connectivity index is 2.56. The van der Waals surface area contributed by atoms with Crippen molar-refractivity contribution in [2.75, 3.05) is 0 Å². The molecule has 0 bridgehead atoms. The molecule has 98 valence electrons. The summed E-state index contributed by atoms with van der Waals surface area (Å²) in [4.78, 5) is 29.6. The molecule has 4 N–H and O–H groups in total. The smallest absolute Gasteiger partial charge is 0.347 e. The van der Waals surface area contributed by atoms with Crippen molar-refractivity contribution < 1.29 is 19.1 Å². The Morgan fingerprint density at radius 3 is 2.63 bits per heavy atom. The van der Waals surface area contributed by atoms with Gasteiger partial charge in [-0.3, -0.25) is 9.36 Å². The summed E-state index contributed by atoms with van der Waals surface area (Å²) in [5.74, 6) is -0.561. The Bertz CT molecular complexity index is 743. The third-order valence-corrected chi connectivity index (χ3v) is 4.77. The number of primary amides is 1. The number of rotatable bonds is 3. The van der Waals surface area contributed by atoms with Crippen LogP contribution < -0.4 is 5.73 Å². The molecule has 0 fully saturated rings. The number of nitrogens with two attached hydrogens (primary N) is 1. The lowest BCUT2D eigenvalue weighted by atomic mass is 10.1. The molecular weight excluding hydrogens is 287 g/mol. The van der Waals surface area contributed by atoms with Gasteiger partial charge in [0.1, 0.15) is 0 Å². The SMILES string of the molecule is N#CC(c1ccc2sc(C(N)=O)cc2c1)P(=O)(O)O. The van der Waals surface area contributed by atoms with E-state index in [0.29, 0.717) is 10.3 Å². The molecule has 6 nitrogen and oxygen atoms in total. The van der Waals surface area contributed by atoms with Crippen LogP contribution in [0.2, 0.25) is 0 Å². The molecule has 0 aliphatic rings. The summed E-state index contributed by atoms with van der Waals surface area (Å²) >= 11 is 1.19. The lowest BCUT2D eigenvalue weighted by Gasteiger charge is -2.11. The van der Waals surface area contributed by atoms with E-state index >= 15 is 0 Å². The van der Waals surface area contributed by atoms with E-state index in [1.54, 1.807) is 18.2 Å². The van der Waals surface area contributed by atoms with Crippen molar-refractivity contribution in [2.24, 2.45) is 5.73 Å². The number of thiophene rings is 1. The molecule has 0 aliphatic heterocycles. The van der Waals surface area contributed by atoms with E-state index in [1.807, 2.05) is 0 Å². The maximum absolute atomic E-state index is 11.2. The van der Waals surface area contributed by atoms with Crippen molar-refractivity contribution in [1.29, 1.82) is 5.26 Å². The zero-order valence-electron chi connectivity index (χ0n) is 9.48. The van der Waals surface area contributed by atoms with Crippen LogP contribution in [0.1, 0.15) is 20.9 Å². The fourth-order valence-electron chi connectivity index (χ4n) is 1.70. The highest BCUT2D eigenvalue weighted by molar-refractivity contribution is 7.52. The van der Waals surface area contributed by atoms with Gasteiger partial charge in [-0.1, -0.05) is 6.07 Å². The zero-order chi connectivity index (χ0) is 14.2. The van der Waals surface area contributed by atoms with Crippen LogP contribution in [0, 0.1) is 11.3 Å². The maximum Gasteiger partial charge on any atom is 0.347 e. The van der Waals surface area contributed by atoms with Crippen molar-refractivity contribution in [3.05, 3.63) is 34.7 Å². The van der Waals surface area contributed by atoms with Crippen molar-refractivity contribution in [1.82, 2.24) is 0 Å². The highest BCUT2D eigenvalue weighted by atomic mass is 32.1. The van der Waals surface area contributed by atoms with Crippen LogP contribution in [-0.4, -0.2) is 15.7 Å². The minimum absolute atomic E-state index is 0.220. The molecule has 8 heteroatoms. The van der Waals surface area contributed by atoms with Gasteiger partial charge in [-0.05, 0) is 29.1 Å². The topological polar surface area (TPSA) is 124 Å². The molecule has 1 aromatic carbocycles. The predicted octanol–water partition coefficient (Wildman–Crippen LogP) is 1.74. The van der Waals surface area contributed by atoms with Gasteiger partial charge in [-0.15, -0.1) is 11.3 Å². The van der Waals surface area contributed by atoms with Crippen molar-refractivity contribution >= 4 is 34.9 Å². The van der Waals surface area contributed by atoms with E-state index in [0.717, 1.165) is 4.70 Å². The number of nitrogens with zero attached hydrogens (tertiary/aromatic N) is 1. The summed E-state index contributed by atoms with van der Waals surface area (Å²) in [6.45, 7) is 0. The molecule has 1 amide bonds. The number of carbonyl (C=O) groups excluding carboxylic acids is 1. The molecule has 0 saturated carbocycles. The van der Waals surface area contributed by atoms with Gasteiger partial charge in [0, 0.05) is 4.70 Å². The normalized spacial score (nSPS) is 13.1. The van der Waals surface area contributed by atoms with Crippen LogP contribution in [0.5, 0.6) is 0 Å². The van der Waals surface area contributed by atoms with Gasteiger partial charge in [0.25, 0.3) is 5.91 Å². The number of hydrogen-bond donors (Lipinski definition) is 3. The van der Waals surface area contributed by atoms with Crippen molar-refractivity contribution in [3.8, 4) is 6.07 Å². The minimum atomic E-state index is -4.54. The molecule has 1 aromatic heterocycles. The second-order valence-electron chi connectivity index (χ2n) is 3.89. The second kappa shape index (κ2) is 4.76. The molecule has 1 heterocycles. The quantitative estimate of drug-likeness (QED) is 0.744. The van der Waals surface area contributed by atoms with Gasteiger partial charge < -0.3 is 15.5 Å². The first kappa shape index (κ1) is 13.7. The number of nitriles is 1. The van der Waals surface area contributed by atoms with Crippen molar-refractivity contribution in [3.63, 3.8) is 0 Å². The monoisotopic (exact) mass is 296 g/mol. The fourth-order valence-corrected chi connectivity index (χ4v) is 3.29. The summed E-state index contributed by atoms with van der Waals surface area (Å²) in [7, 11) is -4.54. The molecule has 1 atom stereocenters. The first-order valence-corrected chi connectivity index (χ1v) is 7.61. The Morgan fingerprint density at radius 2 is 2.11 bits per heavy atom. The molecule has 2 rings (SSSR count). The Labute approximate surface area is 112 Å². The van der Waals surface area contributed by atoms with Gasteiger partial charge in [0.05, 0.1) is 10.9 Å². The zero-order valence-corrected chi connectivity index (χ0v) is 11.2. The van der Waals surface area contributed by atoms with Gasteiger partial charge in [0.2, 0.25) is 0 Å². The predicted molar refractivity (Wildman–Crippen MR) is 70.7 cm³/mol. The van der Waals surface area contributed by atoms with Crippen LogP contribution in [0.15, 0.2) is 24.3 Å². The molecule has 0 aliphatic carbocycles. The highest BCUT2D eigenvalue weighted by Crippen LogP contribution is 2.51. The van der Waals surface area contributed by atoms with Crippen LogP contribution in [0.4, 0.5) is 0 Å². The molecule has 0 saturated heterocycles. The van der Waals surface area contributed by atoms with Crippen LogP contribution in [-0.2, 0) is 4.57 Å². The van der Waals surface area contributed by atoms with E-state index in [1.165, 1.54) is 23.5 Å². The lowest BCUT2D eigenvalue weighted by molar-refractivity contribution is 0.100. The van der Waals surface area contributed by atoms with Crippen LogP contribution >= 0.6 is 18.9 Å². The molecule has 2 aromatic rings. The van der Waals surface area contributed by atoms with Gasteiger partial charge in [0.15, 0.2) is 5.66 Å². The van der Waals surface area contributed by atoms with E-state index in [9.17, 15) is 9.36 Å². The summed E-state index contributed by atoms with van der Waals surface area (Å²) in [6, 6.07) is 7.72. The van der Waals surface area contributed by atoms with Gasteiger partial charge in [-0.25, -0.2) is 0 Å². The average molecular weight is 296 g/mol. The summed E-state index contributed by atoms with van der Waals surface area (Å²) < 4.78 is 12.0. The van der Waals surface area contributed by atoms with Crippen LogP contribution in [0.3, 0.4) is 0 Å². The van der Waals surface area contributed by atoms with Crippen LogP contribution in [0.25, 0.3) is 10.1 Å². The Morgan fingerprint density at radius 1 is 1.42 bits per heavy atom. The van der Waals surface area contributed by atoms with Gasteiger partial charge >= 0.3 is 7.60 Å². The standard InChI is InChI=1S/C11H9N2O4PS/c12-5-8(18(15,16)17)6-1-2-9-7(3-6)4-10(19-9)11(13)14/h1-4,8H,(H2,13,14)(H2,15,16,17). The number of benzene rings is 1. The minimum Gasteiger partial charge on any atom is -0.365 e. The molecule has 19 heavy (non-hydrogen) atoms. The first-order valence-electron chi connectivity index (χ1n) is 5.11. The largest absolute Gasteiger partial charge is 0.365 e. The number of carbonyl (C=O) groups is 1. The Hall–Kier alpha value is -1.71. The maximum atomic E-state index is 11.2. The Kier molecular flexibility index (Phi) is 3.43. The second-order valence-corrected chi connectivity index (χ2v) is 6.67. The van der Waals surface area contributed by atoms with E-state index in [2.05, 4.69) is 0 Å². The number of hydrogen-bond acceptors (Lipinski definition) is 4. The summed E-state index contributed by atoms with van der Waals surface area (Å²) in [5, 5.41) is 9.50. The molecular formula is C11H9N2O4PS. The summed E-state index contributed by atoms with van der Waals surface area (Å²) in [5.41, 5.74) is 3.88. The number of amides is 1. The van der Waals surface area contributed by atoms with E-state index in [4.69, 9.17) is 20.8 Å². The molecule has 1 unspecified atom stereocenters. The average Bonchev–Trinajstić information content (AvgIpc) is 2.71. The van der Waals surface area contributed by atoms with Gasteiger partial charge in [-0.2, -0.15) is 5.26 Å². The summed E-state index contributed by atoms with van der Waals surface area (Å²) in [6.07, 6.45) is 0.